The molecule has 0 aliphatic heterocycles. The van der Waals surface area contributed by atoms with Crippen LogP contribution in [-0.4, -0.2) is 51.5 Å². The van der Waals surface area contributed by atoms with E-state index in [0.29, 0.717) is 23.7 Å². The van der Waals surface area contributed by atoms with Gasteiger partial charge in [-0.1, -0.05) is 0 Å². The number of alkyl halides is 6. The molecule has 0 spiro atoms. The second kappa shape index (κ2) is 9.84. The Hall–Kier alpha value is -1.74. The van der Waals surface area contributed by atoms with E-state index in [1.165, 1.54) is 0 Å². The number of carbonyl (C=O) groups is 2. The minimum atomic E-state index is -5.23. The Kier molecular flexibility index (Phi) is 7.99. The third-order valence-electron chi connectivity index (χ3n) is 4.21. The van der Waals surface area contributed by atoms with Crippen molar-refractivity contribution in [2.75, 3.05) is 0 Å². The average Bonchev–Trinajstić information content (AvgIpc) is 2.61. The van der Waals surface area contributed by atoms with Gasteiger partial charge in [0.1, 0.15) is 0 Å². The number of ether oxygens (including phenoxy) is 2. The van der Waals surface area contributed by atoms with Crippen LogP contribution >= 0.6 is 0 Å². The molecule has 0 unspecified atom stereocenters. The normalized spacial score (nSPS) is 21.7. The molecule has 29 heavy (non-hydrogen) atoms. The Bertz CT molecular complexity index is 654. The minimum absolute atomic E-state index is 0.0428. The van der Waals surface area contributed by atoms with Crippen LogP contribution in [0.3, 0.4) is 0 Å². The predicted molar refractivity (Wildman–Crippen MR) is 90.5 cm³/mol. The number of halogens is 6. The van der Waals surface area contributed by atoms with Gasteiger partial charge in [-0.15, -0.1) is 0 Å². The number of hydrogen-bond acceptors (Lipinski definition) is 4. The van der Waals surface area contributed by atoms with Gasteiger partial charge in [0.2, 0.25) is 0 Å². The Balaban J connectivity index is 2.32. The summed E-state index contributed by atoms with van der Waals surface area (Å²) >= 11 is -0.703. The molecule has 1 aliphatic carbocycles. The molecule has 0 heterocycles. The number of carbonyl (C=O) groups excluding carboxylic acids is 2. The summed E-state index contributed by atoms with van der Waals surface area (Å²) in [6, 6.07) is 8.40. The zero-order chi connectivity index (χ0) is 21.7. The maximum absolute atomic E-state index is 12.7. The first-order chi connectivity index (χ1) is 13.5. The summed E-state index contributed by atoms with van der Waals surface area (Å²) in [6.45, 7) is 0. The number of benzene rings is 1. The van der Waals surface area contributed by atoms with Crippen LogP contribution in [0.1, 0.15) is 32.1 Å². The summed E-state index contributed by atoms with van der Waals surface area (Å²) in [5.74, 6) is -4.81. The van der Waals surface area contributed by atoms with Gasteiger partial charge >= 0.3 is 169 Å². The van der Waals surface area contributed by atoms with E-state index < -0.39 is 56.3 Å². The van der Waals surface area contributed by atoms with E-state index in [0.717, 1.165) is 0 Å². The summed E-state index contributed by atoms with van der Waals surface area (Å²) in [5, 5.41) is 0. The molecule has 0 bridgehead atoms. The van der Waals surface area contributed by atoms with Crippen molar-refractivity contribution in [3.8, 4) is 0 Å². The standard InChI is InChI=1S/C18H18F6O4Se/c19-17(20,21)15(25)27-12-9-5-2-6-10-13(28-16(26)18(22,23)24)14(12)29-11-7-3-1-4-8-11/h1,3-4,7-8,12-14H,2,5-6,9-10H2/t12-,13-/m1/s1. The Labute approximate surface area is 169 Å². The molecule has 1 aliphatic rings. The van der Waals surface area contributed by atoms with Crippen LogP contribution < -0.4 is 4.46 Å². The van der Waals surface area contributed by atoms with Gasteiger partial charge in [0.25, 0.3) is 0 Å². The quantitative estimate of drug-likeness (QED) is 0.366. The zero-order valence-electron chi connectivity index (χ0n) is 15.0. The molecule has 1 saturated carbocycles. The van der Waals surface area contributed by atoms with E-state index in [2.05, 4.69) is 9.47 Å². The van der Waals surface area contributed by atoms with Crippen molar-refractivity contribution < 1.29 is 45.4 Å². The van der Waals surface area contributed by atoms with Crippen LogP contribution in [0.2, 0.25) is 4.82 Å². The molecule has 1 aromatic rings. The molecule has 0 amide bonds. The van der Waals surface area contributed by atoms with E-state index in [1.807, 2.05) is 0 Å². The molecule has 1 fully saturated rings. The summed E-state index contributed by atoms with van der Waals surface area (Å²) in [7, 11) is 0. The Morgan fingerprint density at radius 3 is 1.66 bits per heavy atom. The first-order valence-electron chi connectivity index (χ1n) is 8.76. The van der Waals surface area contributed by atoms with Gasteiger partial charge in [0, 0.05) is 0 Å². The van der Waals surface area contributed by atoms with Gasteiger partial charge in [0.15, 0.2) is 0 Å². The molecule has 11 heteroatoms. The second-order valence-electron chi connectivity index (χ2n) is 6.42. The van der Waals surface area contributed by atoms with Crippen LogP contribution in [0.5, 0.6) is 0 Å². The van der Waals surface area contributed by atoms with Crippen molar-refractivity contribution >= 4 is 31.4 Å². The van der Waals surface area contributed by atoms with E-state index >= 15 is 0 Å². The van der Waals surface area contributed by atoms with Crippen molar-refractivity contribution in [2.45, 2.75) is 61.5 Å². The van der Waals surface area contributed by atoms with E-state index in [-0.39, 0.29) is 12.8 Å². The van der Waals surface area contributed by atoms with E-state index in [4.69, 9.17) is 0 Å². The van der Waals surface area contributed by atoms with Gasteiger partial charge in [-0.25, -0.2) is 0 Å². The van der Waals surface area contributed by atoms with Gasteiger partial charge in [-0.2, -0.15) is 0 Å². The third kappa shape index (κ3) is 7.22. The fourth-order valence-electron chi connectivity index (χ4n) is 2.90. The van der Waals surface area contributed by atoms with E-state index in [1.54, 1.807) is 30.3 Å². The van der Waals surface area contributed by atoms with Gasteiger partial charge < -0.3 is 0 Å². The van der Waals surface area contributed by atoms with Crippen molar-refractivity contribution in [1.82, 2.24) is 0 Å². The monoisotopic (exact) mass is 492 g/mol. The summed E-state index contributed by atoms with van der Waals surface area (Å²) in [5.41, 5.74) is 0. The molecule has 2 rings (SSSR count). The van der Waals surface area contributed by atoms with Crippen LogP contribution in [0, 0.1) is 0 Å². The molecule has 0 aromatic heterocycles. The Morgan fingerprint density at radius 1 is 0.793 bits per heavy atom. The van der Waals surface area contributed by atoms with Crippen molar-refractivity contribution in [1.29, 1.82) is 0 Å². The molecule has 0 N–H and O–H groups in total. The molecule has 162 valence electrons. The van der Waals surface area contributed by atoms with Crippen molar-refractivity contribution in [3.63, 3.8) is 0 Å². The van der Waals surface area contributed by atoms with Gasteiger partial charge in [-0.3, -0.25) is 0 Å². The molecule has 0 radical (unpaired) electrons. The summed E-state index contributed by atoms with van der Waals surface area (Å²) in [4.78, 5) is 21.8. The zero-order valence-corrected chi connectivity index (χ0v) is 16.7. The number of rotatable bonds is 4. The number of hydrogen-bond donors (Lipinski definition) is 0. The molecular formula is C18H18F6O4Se. The molecule has 1 aromatic carbocycles. The average molecular weight is 491 g/mol. The van der Waals surface area contributed by atoms with Crippen LogP contribution in [0.25, 0.3) is 0 Å². The summed E-state index contributed by atoms with van der Waals surface area (Å²) in [6.07, 6.45) is -11.6. The number of esters is 2. The summed E-state index contributed by atoms with van der Waals surface area (Å²) < 4.78 is 86.2. The first-order valence-corrected chi connectivity index (χ1v) is 10.6. The molecular weight excluding hydrogens is 473 g/mol. The van der Waals surface area contributed by atoms with Crippen molar-refractivity contribution in [2.24, 2.45) is 0 Å². The van der Waals surface area contributed by atoms with Crippen LogP contribution in [0.15, 0.2) is 30.3 Å². The van der Waals surface area contributed by atoms with Crippen LogP contribution in [0.4, 0.5) is 26.3 Å². The fourth-order valence-corrected chi connectivity index (χ4v) is 5.66. The SMILES string of the molecule is O=C(O[C@@H]1CCCCC[C@@H](OC(=O)C(F)(F)F)C1[Se]c1ccccc1)C(F)(F)F. The molecule has 2 atom stereocenters. The van der Waals surface area contributed by atoms with Crippen LogP contribution in [-0.2, 0) is 19.1 Å². The first kappa shape index (κ1) is 23.5. The van der Waals surface area contributed by atoms with Crippen molar-refractivity contribution in [3.05, 3.63) is 30.3 Å². The Morgan fingerprint density at radius 2 is 1.24 bits per heavy atom. The third-order valence-corrected chi connectivity index (χ3v) is 7.19. The van der Waals surface area contributed by atoms with Gasteiger partial charge in [-0.05, 0) is 0 Å². The maximum atomic E-state index is 12.7. The molecule has 4 nitrogen and oxygen atoms in total. The topological polar surface area (TPSA) is 52.6 Å². The molecule has 0 saturated heterocycles. The fraction of sp³-hybridized carbons (Fsp3) is 0.556. The van der Waals surface area contributed by atoms with Gasteiger partial charge in [0.05, 0.1) is 0 Å². The van der Waals surface area contributed by atoms with E-state index in [9.17, 15) is 35.9 Å². The predicted octanol–water partition coefficient (Wildman–Crippen LogP) is 3.72. The second-order valence-corrected chi connectivity index (χ2v) is 9.04.